The topological polar surface area (TPSA) is 134 Å². The quantitative estimate of drug-likeness (QED) is 0.276. The Kier molecular flexibility index (Phi) is 6.81. The van der Waals surface area contributed by atoms with E-state index >= 15 is 0 Å². The summed E-state index contributed by atoms with van der Waals surface area (Å²) in [5, 5.41) is 3.60. The lowest BCUT2D eigenvalue weighted by Gasteiger charge is -2.15. The molecule has 0 atom stereocenters. The molecular weight excluding hydrogens is 478 g/mol. The highest BCUT2D eigenvalue weighted by Crippen LogP contribution is 2.37. The van der Waals surface area contributed by atoms with E-state index < -0.39 is 5.91 Å². The number of carbonyl (C=O) groups is 3. The molecule has 2 heterocycles. The minimum Gasteiger partial charge on any atom is -0.366 e. The first-order valence-electron chi connectivity index (χ1n) is 12.5. The fraction of sp³-hybridized carbons (Fsp3) is 0.167. The third-order valence-corrected chi connectivity index (χ3v) is 7.01. The molecule has 192 valence electrons. The molecule has 0 spiro atoms. The van der Waals surface area contributed by atoms with Gasteiger partial charge < -0.3 is 26.7 Å². The van der Waals surface area contributed by atoms with Gasteiger partial charge in [0.05, 0.1) is 11.1 Å². The fourth-order valence-corrected chi connectivity index (χ4v) is 5.07. The van der Waals surface area contributed by atoms with Crippen LogP contribution in [-0.2, 0) is 11.3 Å². The van der Waals surface area contributed by atoms with Crippen molar-refractivity contribution in [3.8, 4) is 22.4 Å². The van der Waals surface area contributed by atoms with E-state index in [1.807, 2.05) is 53.4 Å². The van der Waals surface area contributed by atoms with Crippen LogP contribution in [-0.4, -0.2) is 40.7 Å². The number of likely N-dealkylation sites (tertiary alicyclic amines) is 1. The number of aromatic nitrogens is 1. The van der Waals surface area contributed by atoms with Crippen LogP contribution in [0.1, 0.15) is 39.1 Å². The number of H-pyrrole nitrogens is 1. The van der Waals surface area contributed by atoms with Crippen LogP contribution in [0.15, 0.2) is 73.3 Å². The van der Waals surface area contributed by atoms with Gasteiger partial charge in [-0.25, -0.2) is 0 Å². The Hall–Kier alpha value is -4.69. The molecule has 0 unspecified atom stereocenters. The molecule has 1 fully saturated rings. The number of nitrogens with one attached hydrogen (secondary N) is 2. The Balaban J connectivity index is 1.60. The van der Waals surface area contributed by atoms with E-state index in [0.29, 0.717) is 22.3 Å². The van der Waals surface area contributed by atoms with Crippen molar-refractivity contribution >= 4 is 34.3 Å². The molecule has 0 aliphatic carbocycles. The van der Waals surface area contributed by atoms with Gasteiger partial charge in [0.25, 0.3) is 11.8 Å². The van der Waals surface area contributed by atoms with Crippen LogP contribution in [0, 0.1) is 0 Å². The summed E-state index contributed by atoms with van der Waals surface area (Å²) in [7, 11) is 0. The summed E-state index contributed by atoms with van der Waals surface area (Å²) in [4.78, 5) is 42.2. The van der Waals surface area contributed by atoms with Crippen LogP contribution in [0.25, 0.3) is 33.3 Å². The molecule has 1 aromatic heterocycles. The molecule has 4 aromatic rings. The number of hydrogen-bond acceptors (Lipinski definition) is 4. The average molecular weight is 508 g/mol. The minimum absolute atomic E-state index is 0.0433. The van der Waals surface area contributed by atoms with Gasteiger partial charge in [-0.15, -0.1) is 0 Å². The maximum atomic E-state index is 12.8. The number of nitrogens with zero attached hydrogens (tertiary/aromatic N) is 1. The second-order valence-electron chi connectivity index (χ2n) is 9.30. The molecule has 0 saturated carbocycles. The molecule has 3 amide bonds. The largest absolute Gasteiger partial charge is 0.366 e. The highest BCUT2D eigenvalue weighted by Gasteiger charge is 2.21. The van der Waals surface area contributed by atoms with Gasteiger partial charge in [-0.1, -0.05) is 36.9 Å². The van der Waals surface area contributed by atoms with Gasteiger partial charge in [0.2, 0.25) is 5.91 Å². The Labute approximate surface area is 220 Å². The van der Waals surface area contributed by atoms with E-state index in [-0.39, 0.29) is 18.4 Å². The lowest BCUT2D eigenvalue weighted by molar-refractivity contribution is -0.111. The van der Waals surface area contributed by atoms with Gasteiger partial charge in [0.1, 0.15) is 0 Å². The Bertz CT molecular complexity index is 1560. The first kappa shape index (κ1) is 25.0. The second kappa shape index (κ2) is 10.4. The number of fused-ring (bicyclic) bond motifs is 1. The number of carbonyl (C=O) groups excluding carboxylic acids is 3. The Morgan fingerprint density at radius 2 is 1.74 bits per heavy atom. The van der Waals surface area contributed by atoms with Gasteiger partial charge in [-0.05, 0) is 71.5 Å². The van der Waals surface area contributed by atoms with Gasteiger partial charge >= 0.3 is 0 Å². The number of anilines is 1. The van der Waals surface area contributed by atoms with Crippen molar-refractivity contribution < 1.29 is 14.4 Å². The molecule has 8 heteroatoms. The number of benzene rings is 3. The molecule has 8 nitrogen and oxygen atoms in total. The van der Waals surface area contributed by atoms with Crippen LogP contribution < -0.4 is 16.8 Å². The highest BCUT2D eigenvalue weighted by atomic mass is 16.2. The number of nitrogens with two attached hydrogens (primary N) is 2. The maximum Gasteiger partial charge on any atom is 0.253 e. The van der Waals surface area contributed by atoms with Crippen LogP contribution in [0.5, 0.6) is 0 Å². The van der Waals surface area contributed by atoms with Crippen molar-refractivity contribution in [2.45, 2.75) is 19.4 Å². The molecule has 6 N–H and O–H groups in total. The van der Waals surface area contributed by atoms with Crippen LogP contribution >= 0.6 is 0 Å². The van der Waals surface area contributed by atoms with Gasteiger partial charge in [-0.3, -0.25) is 14.4 Å². The third kappa shape index (κ3) is 4.57. The van der Waals surface area contributed by atoms with E-state index in [9.17, 15) is 14.4 Å². The van der Waals surface area contributed by atoms with E-state index in [1.54, 1.807) is 12.1 Å². The van der Waals surface area contributed by atoms with E-state index in [0.717, 1.165) is 59.3 Å². The monoisotopic (exact) mass is 507 g/mol. The summed E-state index contributed by atoms with van der Waals surface area (Å²) in [5.74, 6) is -0.837. The zero-order chi connectivity index (χ0) is 26.8. The van der Waals surface area contributed by atoms with E-state index in [1.165, 1.54) is 6.08 Å². The Morgan fingerprint density at radius 3 is 2.39 bits per heavy atom. The van der Waals surface area contributed by atoms with E-state index in [2.05, 4.69) is 16.9 Å². The molecular formula is C30H29N5O3. The number of aromatic amines is 1. The smallest absolute Gasteiger partial charge is 0.253 e. The average Bonchev–Trinajstić information content (AvgIpc) is 3.63. The maximum absolute atomic E-state index is 12.8. The standard InChI is InChI=1S/C30H29N5O3/c1-2-27(36)33-25-7-5-6-20(24(25)17-31)21-12-13-22(29(32)37)28-23(21)16-26(34-28)18-8-10-19(11-9-18)30(38)35-14-3-4-15-35/h2,5-13,16,34H,1,3-4,14-15,17,31H2,(H2,32,37)(H,33,36). The minimum atomic E-state index is -0.549. The van der Waals surface area contributed by atoms with Crippen molar-refractivity contribution in [1.29, 1.82) is 0 Å². The molecule has 1 saturated heterocycles. The summed E-state index contributed by atoms with van der Waals surface area (Å²) >= 11 is 0. The Morgan fingerprint density at radius 1 is 1.00 bits per heavy atom. The first-order valence-corrected chi connectivity index (χ1v) is 12.5. The molecule has 3 aromatic carbocycles. The SMILES string of the molecule is C=CC(=O)Nc1cccc(-c2ccc(C(N)=O)c3[nH]c(-c4ccc(C(=O)N5CCCC5)cc4)cc23)c1CN. The van der Waals surface area contributed by atoms with Crippen LogP contribution in [0.4, 0.5) is 5.69 Å². The summed E-state index contributed by atoms with van der Waals surface area (Å²) in [6.07, 6.45) is 3.28. The van der Waals surface area contributed by atoms with Gasteiger partial charge in [0.15, 0.2) is 0 Å². The lowest BCUT2D eigenvalue weighted by Crippen LogP contribution is -2.27. The highest BCUT2D eigenvalue weighted by molar-refractivity contribution is 6.11. The number of hydrogen-bond donors (Lipinski definition) is 4. The molecule has 0 radical (unpaired) electrons. The normalized spacial score (nSPS) is 13.0. The van der Waals surface area contributed by atoms with Crippen molar-refractivity contribution in [2.24, 2.45) is 11.5 Å². The lowest BCUT2D eigenvalue weighted by atomic mass is 9.93. The summed E-state index contributed by atoms with van der Waals surface area (Å²) in [6.45, 7) is 5.29. The number of primary amides is 1. The van der Waals surface area contributed by atoms with E-state index in [4.69, 9.17) is 11.5 Å². The molecule has 1 aliphatic rings. The summed E-state index contributed by atoms with van der Waals surface area (Å²) < 4.78 is 0. The fourth-order valence-electron chi connectivity index (χ4n) is 5.07. The summed E-state index contributed by atoms with van der Waals surface area (Å²) in [6, 6.07) is 18.5. The van der Waals surface area contributed by atoms with Crippen molar-refractivity contribution in [1.82, 2.24) is 9.88 Å². The molecule has 1 aliphatic heterocycles. The first-order chi connectivity index (χ1) is 18.4. The van der Waals surface area contributed by atoms with Gasteiger partial charge in [0, 0.05) is 42.0 Å². The predicted molar refractivity (Wildman–Crippen MR) is 150 cm³/mol. The molecule has 38 heavy (non-hydrogen) atoms. The number of amides is 3. The number of rotatable bonds is 7. The second-order valence-corrected chi connectivity index (χ2v) is 9.30. The summed E-state index contributed by atoms with van der Waals surface area (Å²) in [5.41, 5.74) is 18.1. The van der Waals surface area contributed by atoms with Crippen LogP contribution in [0.2, 0.25) is 0 Å². The zero-order valence-corrected chi connectivity index (χ0v) is 20.9. The molecule has 5 rings (SSSR count). The van der Waals surface area contributed by atoms with Crippen LogP contribution in [0.3, 0.4) is 0 Å². The molecule has 0 bridgehead atoms. The van der Waals surface area contributed by atoms with Gasteiger partial charge in [-0.2, -0.15) is 0 Å². The zero-order valence-electron chi connectivity index (χ0n) is 20.9. The van der Waals surface area contributed by atoms with Crippen molar-refractivity contribution in [3.63, 3.8) is 0 Å². The van der Waals surface area contributed by atoms with Crippen molar-refractivity contribution in [3.05, 3.63) is 90.0 Å². The third-order valence-electron chi connectivity index (χ3n) is 7.01. The van der Waals surface area contributed by atoms with Crippen molar-refractivity contribution in [2.75, 3.05) is 18.4 Å². The predicted octanol–water partition coefficient (Wildman–Crippen LogP) is 4.42.